The van der Waals surface area contributed by atoms with E-state index in [9.17, 15) is 4.79 Å². The normalized spacial score (nSPS) is 34.7. The zero-order valence-electron chi connectivity index (χ0n) is 14.5. The largest absolute Gasteiger partial charge is 0.346 e. The van der Waals surface area contributed by atoms with E-state index in [4.69, 9.17) is 5.73 Å². The molecule has 3 N–H and O–H groups in total. The molecule has 2 atom stereocenters. The van der Waals surface area contributed by atoms with Crippen molar-refractivity contribution in [3.05, 3.63) is 35.9 Å². The average Bonchev–Trinajstić information content (AvgIpc) is 3.05. The van der Waals surface area contributed by atoms with Crippen molar-refractivity contribution in [2.24, 2.45) is 23.5 Å². The van der Waals surface area contributed by atoms with Crippen molar-refractivity contribution in [3.63, 3.8) is 0 Å². The van der Waals surface area contributed by atoms with Gasteiger partial charge in [0.15, 0.2) is 0 Å². The Hall–Kier alpha value is -1.35. The molecule has 0 spiro atoms. The lowest BCUT2D eigenvalue weighted by molar-refractivity contribution is -0.130. The second-order valence-corrected chi connectivity index (χ2v) is 8.34. The summed E-state index contributed by atoms with van der Waals surface area (Å²) in [5, 5.41) is 3.50. The lowest BCUT2D eigenvalue weighted by Gasteiger charge is -2.44. The Balaban J connectivity index is 1.50. The molecule has 3 aliphatic carbocycles. The highest BCUT2D eigenvalue weighted by atomic mass is 16.2. The Labute approximate surface area is 145 Å². The summed E-state index contributed by atoms with van der Waals surface area (Å²) in [4.78, 5) is 13.1. The van der Waals surface area contributed by atoms with Gasteiger partial charge >= 0.3 is 0 Å². The molecule has 3 aliphatic rings. The Morgan fingerprint density at radius 2 is 1.62 bits per heavy atom. The third kappa shape index (κ3) is 2.88. The van der Waals surface area contributed by atoms with Crippen LogP contribution in [-0.4, -0.2) is 11.9 Å². The van der Waals surface area contributed by atoms with E-state index in [-0.39, 0.29) is 17.4 Å². The minimum absolute atomic E-state index is 0.132. The Morgan fingerprint density at radius 1 is 1.00 bits per heavy atom. The predicted octanol–water partition coefficient (Wildman–Crippen LogP) is 3.73. The Kier molecular flexibility index (Phi) is 4.38. The molecular formula is C21H30N2O. The van der Waals surface area contributed by atoms with Crippen LogP contribution in [0.3, 0.4) is 0 Å². The first-order chi connectivity index (χ1) is 11.7. The van der Waals surface area contributed by atoms with Crippen molar-refractivity contribution in [2.45, 2.75) is 69.4 Å². The van der Waals surface area contributed by atoms with E-state index in [1.165, 1.54) is 37.7 Å². The average molecular weight is 326 g/mol. The molecule has 3 nitrogen and oxygen atoms in total. The smallest absolute Gasteiger partial charge is 0.223 e. The van der Waals surface area contributed by atoms with Crippen LogP contribution < -0.4 is 11.1 Å². The van der Waals surface area contributed by atoms with Gasteiger partial charge in [0.2, 0.25) is 5.91 Å². The number of fused-ring (bicyclic) bond motifs is 2. The second kappa shape index (κ2) is 6.51. The molecule has 130 valence electrons. The number of carbonyl (C=O) groups excluding carboxylic acids is 1. The van der Waals surface area contributed by atoms with Gasteiger partial charge < -0.3 is 11.1 Å². The van der Waals surface area contributed by atoms with Gasteiger partial charge in [0.1, 0.15) is 0 Å². The summed E-state index contributed by atoms with van der Waals surface area (Å²) < 4.78 is 0. The summed E-state index contributed by atoms with van der Waals surface area (Å²) in [6.45, 7) is 0. The fraction of sp³-hybridized carbons (Fsp3) is 0.667. The third-order valence-electron chi connectivity index (χ3n) is 6.93. The van der Waals surface area contributed by atoms with Crippen LogP contribution in [0, 0.1) is 17.8 Å². The predicted molar refractivity (Wildman–Crippen MR) is 96.3 cm³/mol. The van der Waals surface area contributed by atoms with Crippen molar-refractivity contribution in [1.29, 1.82) is 0 Å². The maximum atomic E-state index is 13.1. The molecule has 3 heteroatoms. The summed E-state index contributed by atoms with van der Waals surface area (Å²) in [7, 11) is 0. The first-order valence-corrected chi connectivity index (χ1v) is 9.81. The number of hydrogen-bond acceptors (Lipinski definition) is 2. The maximum absolute atomic E-state index is 13.1. The van der Waals surface area contributed by atoms with Crippen LogP contribution in [0.25, 0.3) is 0 Å². The van der Waals surface area contributed by atoms with Gasteiger partial charge in [0, 0.05) is 12.0 Å². The first-order valence-electron chi connectivity index (χ1n) is 9.81. The van der Waals surface area contributed by atoms with Crippen molar-refractivity contribution >= 4 is 5.91 Å². The van der Waals surface area contributed by atoms with Gasteiger partial charge in [-0.3, -0.25) is 4.79 Å². The molecular weight excluding hydrogens is 296 g/mol. The zero-order chi connectivity index (χ0) is 16.6. The van der Waals surface area contributed by atoms with Gasteiger partial charge in [-0.15, -0.1) is 0 Å². The molecule has 3 fully saturated rings. The molecule has 24 heavy (non-hydrogen) atoms. The highest BCUT2D eigenvalue weighted by molar-refractivity contribution is 5.80. The summed E-state index contributed by atoms with van der Waals surface area (Å²) in [5.41, 5.74) is 7.54. The van der Waals surface area contributed by atoms with Gasteiger partial charge in [-0.1, -0.05) is 49.6 Å². The fourth-order valence-electron chi connectivity index (χ4n) is 5.56. The molecule has 1 amide bonds. The minimum Gasteiger partial charge on any atom is -0.346 e. The van der Waals surface area contributed by atoms with Gasteiger partial charge in [-0.25, -0.2) is 0 Å². The van der Waals surface area contributed by atoms with E-state index in [0.29, 0.717) is 17.9 Å². The highest BCUT2D eigenvalue weighted by Crippen LogP contribution is 2.43. The number of benzene rings is 1. The lowest BCUT2D eigenvalue weighted by Crippen LogP contribution is -2.52. The molecule has 0 aliphatic heterocycles. The molecule has 3 saturated carbocycles. The maximum Gasteiger partial charge on any atom is 0.223 e. The molecule has 4 rings (SSSR count). The molecule has 1 aromatic carbocycles. The standard InChI is InChI=1S/C21H30N2O/c22-19-15-7-6-8-16(19)14-17(13-15)20(24)23-21(11-4-5-12-21)18-9-2-1-3-10-18/h1-3,9-10,15-17,19H,4-8,11-14,22H2,(H,23,24). The van der Waals surface area contributed by atoms with E-state index in [1.54, 1.807) is 0 Å². The van der Waals surface area contributed by atoms with Crippen LogP contribution in [-0.2, 0) is 10.3 Å². The molecule has 1 aromatic rings. The molecule has 0 aromatic heterocycles. The van der Waals surface area contributed by atoms with Crippen LogP contribution in [0.1, 0.15) is 63.4 Å². The monoisotopic (exact) mass is 326 g/mol. The highest BCUT2D eigenvalue weighted by Gasteiger charge is 2.43. The number of hydrogen-bond donors (Lipinski definition) is 2. The number of nitrogens with two attached hydrogens (primary N) is 1. The van der Waals surface area contributed by atoms with Gasteiger partial charge in [-0.2, -0.15) is 0 Å². The van der Waals surface area contributed by atoms with E-state index in [1.807, 2.05) is 0 Å². The Bertz CT molecular complexity index is 565. The summed E-state index contributed by atoms with van der Waals surface area (Å²) >= 11 is 0. The molecule has 0 radical (unpaired) electrons. The van der Waals surface area contributed by atoms with E-state index >= 15 is 0 Å². The molecule has 0 heterocycles. The zero-order valence-corrected chi connectivity index (χ0v) is 14.5. The number of carbonyl (C=O) groups is 1. The van der Waals surface area contributed by atoms with Gasteiger partial charge in [0.05, 0.1) is 5.54 Å². The van der Waals surface area contributed by atoms with Gasteiger partial charge in [-0.05, 0) is 55.9 Å². The van der Waals surface area contributed by atoms with Gasteiger partial charge in [0.25, 0.3) is 0 Å². The van der Waals surface area contributed by atoms with Crippen LogP contribution >= 0.6 is 0 Å². The topological polar surface area (TPSA) is 55.1 Å². The summed E-state index contributed by atoms with van der Waals surface area (Å²) in [5.74, 6) is 1.57. The van der Waals surface area contributed by atoms with Crippen molar-refractivity contribution in [2.75, 3.05) is 0 Å². The summed E-state index contributed by atoms with van der Waals surface area (Å²) in [6, 6.07) is 10.9. The Morgan fingerprint density at radius 3 is 2.25 bits per heavy atom. The lowest BCUT2D eigenvalue weighted by atomic mass is 9.65. The fourth-order valence-corrected chi connectivity index (χ4v) is 5.56. The van der Waals surface area contributed by atoms with Crippen molar-refractivity contribution in [3.8, 4) is 0 Å². The minimum atomic E-state index is -0.132. The van der Waals surface area contributed by atoms with Crippen molar-refractivity contribution in [1.82, 2.24) is 5.32 Å². The number of rotatable bonds is 3. The van der Waals surface area contributed by atoms with Crippen LogP contribution in [0.4, 0.5) is 0 Å². The SMILES string of the molecule is NC1C2CCCC1CC(C(=O)NC1(c3ccccc3)CCCC1)C2. The molecule has 0 saturated heterocycles. The van der Waals surface area contributed by atoms with E-state index < -0.39 is 0 Å². The number of nitrogens with one attached hydrogen (secondary N) is 1. The quantitative estimate of drug-likeness (QED) is 0.889. The van der Waals surface area contributed by atoms with Crippen molar-refractivity contribution < 1.29 is 4.79 Å². The first kappa shape index (κ1) is 16.1. The van der Waals surface area contributed by atoms with E-state index in [0.717, 1.165) is 25.7 Å². The van der Waals surface area contributed by atoms with Crippen LogP contribution in [0.5, 0.6) is 0 Å². The third-order valence-corrected chi connectivity index (χ3v) is 6.93. The van der Waals surface area contributed by atoms with E-state index in [2.05, 4.69) is 35.6 Å². The molecule has 2 unspecified atom stereocenters. The summed E-state index contributed by atoms with van der Waals surface area (Å²) in [6.07, 6.45) is 10.3. The van der Waals surface area contributed by atoms with Crippen LogP contribution in [0.15, 0.2) is 30.3 Å². The van der Waals surface area contributed by atoms with Crippen LogP contribution in [0.2, 0.25) is 0 Å². The number of amides is 1. The second-order valence-electron chi connectivity index (χ2n) is 8.34. The molecule has 2 bridgehead atoms.